The lowest BCUT2D eigenvalue weighted by molar-refractivity contribution is -0.138. The molecule has 1 saturated heterocycles. The summed E-state index contributed by atoms with van der Waals surface area (Å²) in [4.78, 5) is 21.6. The minimum absolute atomic E-state index is 0.0112. The van der Waals surface area contributed by atoms with Crippen molar-refractivity contribution in [2.75, 3.05) is 6.61 Å². The van der Waals surface area contributed by atoms with Crippen LogP contribution in [0.4, 0.5) is 0 Å². The van der Waals surface area contributed by atoms with E-state index in [4.69, 9.17) is 9.57 Å². The molecule has 5 nitrogen and oxygen atoms in total. The highest BCUT2D eigenvalue weighted by Crippen LogP contribution is 2.30. The largest absolute Gasteiger partial charge is 0.371 e. The van der Waals surface area contributed by atoms with Gasteiger partial charge < -0.3 is 4.74 Å². The Balaban J connectivity index is 1.43. The van der Waals surface area contributed by atoms with Crippen LogP contribution in [0.1, 0.15) is 55.3 Å². The number of thiazole rings is 1. The van der Waals surface area contributed by atoms with Crippen molar-refractivity contribution in [3.05, 3.63) is 16.1 Å². The second kappa shape index (κ2) is 6.65. The lowest BCUT2D eigenvalue weighted by atomic mass is 10.1. The number of ether oxygens (including phenoxy) is 1. The highest BCUT2D eigenvalue weighted by Gasteiger charge is 2.23. The average molecular weight is 296 g/mol. The molecule has 6 heteroatoms. The summed E-state index contributed by atoms with van der Waals surface area (Å²) in [5, 5.41) is 2.99. The molecular formula is C14H20N2O3S. The maximum absolute atomic E-state index is 11.8. The summed E-state index contributed by atoms with van der Waals surface area (Å²) in [7, 11) is 0. The number of hydrogen-bond donors (Lipinski definition) is 1. The number of hydroxylamine groups is 1. The Kier molecular flexibility index (Phi) is 4.65. The average Bonchev–Trinajstić information content (AvgIpc) is 3.20. The molecule has 1 saturated carbocycles. The minimum atomic E-state index is 0.0112. The standard InChI is InChI=1S/C14H20N2O3S/c17-13(10-4-1-2-5-10)16-19-8-11-9-20-14(15-11)12-6-3-7-18-12/h9-10,12H,1-8H2,(H,16,17)/t12-/m1/s1. The molecule has 0 radical (unpaired) electrons. The van der Waals surface area contributed by atoms with Gasteiger partial charge in [-0.15, -0.1) is 11.3 Å². The zero-order valence-electron chi connectivity index (χ0n) is 11.5. The van der Waals surface area contributed by atoms with E-state index >= 15 is 0 Å². The van der Waals surface area contributed by atoms with Gasteiger partial charge in [-0.05, 0) is 25.7 Å². The van der Waals surface area contributed by atoms with Gasteiger partial charge in [-0.25, -0.2) is 10.5 Å². The summed E-state index contributed by atoms with van der Waals surface area (Å²) >= 11 is 1.60. The molecule has 0 spiro atoms. The van der Waals surface area contributed by atoms with Crippen LogP contribution in [-0.4, -0.2) is 17.5 Å². The topological polar surface area (TPSA) is 60.5 Å². The van der Waals surface area contributed by atoms with Gasteiger partial charge in [-0.3, -0.25) is 9.63 Å². The van der Waals surface area contributed by atoms with Crippen molar-refractivity contribution in [3.63, 3.8) is 0 Å². The first-order valence-electron chi connectivity index (χ1n) is 7.30. The van der Waals surface area contributed by atoms with Gasteiger partial charge in [0.25, 0.3) is 0 Å². The predicted octanol–water partition coefficient (Wildman–Crippen LogP) is 2.73. The number of hydrogen-bond acceptors (Lipinski definition) is 5. The van der Waals surface area contributed by atoms with Gasteiger partial charge >= 0.3 is 0 Å². The molecule has 3 rings (SSSR count). The summed E-state index contributed by atoms with van der Waals surface area (Å²) in [6, 6.07) is 0. The first kappa shape index (κ1) is 14.0. The van der Waals surface area contributed by atoms with E-state index in [-0.39, 0.29) is 17.9 Å². The van der Waals surface area contributed by atoms with Crippen molar-refractivity contribution in [2.24, 2.45) is 5.92 Å². The lowest BCUT2D eigenvalue weighted by Gasteiger charge is -2.09. The van der Waals surface area contributed by atoms with Gasteiger partial charge in [0.2, 0.25) is 5.91 Å². The highest BCUT2D eigenvalue weighted by molar-refractivity contribution is 7.09. The van der Waals surface area contributed by atoms with Crippen LogP contribution in [0, 0.1) is 5.92 Å². The van der Waals surface area contributed by atoms with Gasteiger partial charge in [-0.1, -0.05) is 12.8 Å². The van der Waals surface area contributed by atoms with Crippen LogP contribution in [0.2, 0.25) is 0 Å². The van der Waals surface area contributed by atoms with Crippen LogP contribution in [-0.2, 0) is 21.0 Å². The molecular weight excluding hydrogens is 276 g/mol. The molecule has 0 bridgehead atoms. The summed E-state index contributed by atoms with van der Waals surface area (Å²) in [6.45, 7) is 1.15. The van der Waals surface area contributed by atoms with E-state index in [1.807, 2.05) is 5.38 Å². The number of nitrogens with one attached hydrogen (secondary N) is 1. The zero-order valence-corrected chi connectivity index (χ0v) is 12.3. The van der Waals surface area contributed by atoms with Crippen LogP contribution < -0.4 is 5.48 Å². The normalized spacial score (nSPS) is 23.3. The number of amides is 1. The molecule has 110 valence electrons. The fourth-order valence-corrected chi connectivity index (χ4v) is 3.65. The van der Waals surface area contributed by atoms with Gasteiger partial charge in [0.05, 0.1) is 5.69 Å². The van der Waals surface area contributed by atoms with Gasteiger partial charge in [0.15, 0.2) is 0 Å². The van der Waals surface area contributed by atoms with Crippen LogP contribution in [0.5, 0.6) is 0 Å². The van der Waals surface area contributed by atoms with E-state index in [9.17, 15) is 4.79 Å². The number of carbonyl (C=O) groups is 1. The monoisotopic (exact) mass is 296 g/mol. The van der Waals surface area contributed by atoms with Crippen LogP contribution >= 0.6 is 11.3 Å². The Morgan fingerprint density at radius 1 is 1.40 bits per heavy atom. The van der Waals surface area contributed by atoms with E-state index in [2.05, 4.69) is 10.5 Å². The molecule has 2 aliphatic rings. The molecule has 0 aromatic carbocycles. The molecule has 1 aromatic heterocycles. The molecule has 1 aromatic rings. The first-order chi connectivity index (χ1) is 9.83. The fraction of sp³-hybridized carbons (Fsp3) is 0.714. The predicted molar refractivity (Wildman–Crippen MR) is 74.9 cm³/mol. The number of nitrogens with zero attached hydrogens (tertiary/aromatic N) is 1. The van der Waals surface area contributed by atoms with Gasteiger partial charge in [0.1, 0.15) is 17.7 Å². The smallest absolute Gasteiger partial charge is 0.246 e. The SMILES string of the molecule is O=C(NOCc1csc([C@H]2CCCO2)n1)C1CCCC1. The maximum atomic E-state index is 11.8. The van der Waals surface area contributed by atoms with E-state index in [0.717, 1.165) is 55.8 Å². The second-order valence-electron chi connectivity index (χ2n) is 5.42. The van der Waals surface area contributed by atoms with Crippen LogP contribution in [0.15, 0.2) is 5.38 Å². The third-order valence-corrected chi connectivity index (χ3v) is 4.88. The van der Waals surface area contributed by atoms with Crippen molar-refractivity contribution in [1.29, 1.82) is 0 Å². The van der Waals surface area contributed by atoms with E-state index in [1.165, 1.54) is 0 Å². The number of carbonyl (C=O) groups excluding carboxylic acids is 1. The van der Waals surface area contributed by atoms with Gasteiger partial charge in [0, 0.05) is 17.9 Å². The highest BCUT2D eigenvalue weighted by atomic mass is 32.1. The van der Waals surface area contributed by atoms with Crippen molar-refractivity contribution in [1.82, 2.24) is 10.5 Å². The van der Waals surface area contributed by atoms with Crippen LogP contribution in [0.3, 0.4) is 0 Å². The fourth-order valence-electron chi connectivity index (χ4n) is 2.76. The van der Waals surface area contributed by atoms with Crippen LogP contribution in [0.25, 0.3) is 0 Å². The zero-order chi connectivity index (χ0) is 13.8. The minimum Gasteiger partial charge on any atom is -0.371 e. The Bertz CT molecular complexity index is 451. The van der Waals surface area contributed by atoms with Crippen molar-refractivity contribution >= 4 is 17.2 Å². The summed E-state index contributed by atoms with van der Waals surface area (Å²) in [5.41, 5.74) is 3.40. The molecule has 1 aliphatic heterocycles. The third-order valence-electron chi connectivity index (χ3n) is 3.89. The molecule has 1 amide bonds. The van der Waals surface area contributed by atoms with Crippen molar-refractivity contribution in [2.45, 2.75) is 51.2 Å². The molecule has 1 atom stereocenters. The van der Waals surface area contributed by atoms with E-state index < -0.39 is 0 Å². The molecule has 1 N–H and O–H groups in total. The Labute approximate surface area is 122 Å². The Morgan fingerprint density at radius 3 is 3.00 bits per heavy atom. The quantitative estimate of drug-likeness (QED) is 0.849. The first-order valence-corrected chi connectivity index (χ1v) is 8.18. The molecule has 2 fully saturated rings. The number of rotatable bonds is 5. The molecule has 20 heavy (non-hydrogen) atoms. The van der Waals surface area contributed by atoms with E-state index in [1.54, 1.807) is 11.3 Å². The van der Waals surface area contributed by atoms with E-state index in [0.29, 0.717) is 6.61 Å². The maximum Gasteiger partial charge on any atom is 0.246 e. The Hall–Kier alpha value is -0.980. The lowest BCUT2D eigenvalue weighted by Crippen LogP contribution is -2.29. The second-order valence-corrected chi connectivity index (χ2v) is 6.30. The Morgan fingerprint density at radius 2 is 2.25 bits per heavy atom. The van der Waals surface area contributed by atoms with Gasteiger partial charge in [-0.2, -0.15) is 0 Å². The van der Waals surface area contributed by atoms with Crippen molar-refractivity contribution < 1.29 is 14.4 Å². The summed E-state index contributed by atoms with van der Waals surface area (Å²) < 4.78 is 5.60. The third kappa shape index (κ3) is 3.37. The van der Waals surface area contributed by atoms with Crippen molar-refractivity contribution in [3.8, 4) is 0 Å². The molecule has 0 unspecified atom stereocenters. The molecule has 2 heterocycles. The number of aromatic nitrogens is 1. The summed E-state index contributed by atoms with van der Waals surface area (Å²) in [6.07, 6.45) is 6.56. The summed E-state index contributed by atoms with van der Waals surface area (Å²) in [5.74, 6) is 0.143. The molecule has 1 aliphatic carbocycles.